The summed E-state index contributed by atoms with van der Waals surface area (Å²) in [5.41, 5.74) is 2.70. The molecule has 28 heavy (non-hydrogen) atoms. The van der Waals surface area contributed by atoms with Gasteiger partial charge in [0.2, 0.25) is 5.78 Å². The van der Waals surface area contributed by atoms with Crippen molar-refractivity contribution in [1.82, 2.24) is 4.57 Å². The van der Waals surface area contributed by atoms with E-state index in [0.717, 1.165) is 29.1 Å². The molecule has 4 rings (SSSR count). The van der Waals surface area contributed by atoms with Crippen molar-refractivity contribution < 1.29 is 23.8 Å². The first-order valence-corrected chi connectivity index (χ1v) is 10.4. The number of hydrogen-bond acceptors (Lipinski definition) is 6. The largest absolute Gasteiger partial charge is 0.486 e. The van der Waals surface area contributed by atoms with Crippen molar-refractivity contribution >= 4 is 23.5 Å². The van der Waals surface area contributed by atoms with Crippen molar-refractivity contribution in [3.8, 4) is 11.5 Å². The molecule has 1 aliphatic carbocycles. The van der Waals surface area contributed by atoms with Gasteiger partial charge in [0.25, 0.3) is 0 Å². The molecule has 7 heteroatoms. The number of aromatic nitrogens is 1. The van der Waals surface area contributed by atoms with Gasteiger partial charge in [0.05, 0.1) is 5.75 Å². The minimum atomic E-state index is -0.413. The lowest BCUT2D eigenvalue weighted by atomic mass is 10.1. The molecular formula is C21H23NO5S. The molecule has 2 heterocycles. The first-order valence-electron chi connectivity index (χ1n) is 9.42. The lowest BCUT2D eigenvalue weighted by molar-refractivity contribution is -0.139. The molecule has 0 bridgehead atoms. The van der Waals surface area contributed by atoms with Crippen LogP contribution in [0.1, 0.15) is 40.6 Å². The van der Waals surface area contributed by atoms with E-state index in [-0.39, 0.29) is 18.1 Å². The Hall–Kier alpha value is -2.41. The monoisotopic (exact) mass is 401 g/mol. The Kier molecular flexibility index (Phi) is 5.35. The van der Waals surface area contributed by atoms with Crippen LogP contribution in [-0.2, 0) is 9.53 Å². The summed E-state index contributed by atoms with van der Waals surface area (Å²) in [6.07, 6.45) is 2.33. The number of Topliss-reactive ketones (excluding diaryl/α,β-unsaturated/α-hetero) is 1. The van der Waals surface area contributed by atoms with Gasteiger partial charge in [-0.05, 0) is 51.0 Å². The van der Waals surface area contributed by atoms with Gasteiger partial charge in [-0.25, -0.2) is 0 Å². The average molecular weight is 401 g/mol. The Morgan fingerprint density at radius 2 is 1.89 bits per heavy atom. The minimum absolute atomic E-state index is 0.133. The van der Waals surface area contributed by atoms with Crippen LogP contribution in [0.2, 0.25) is 0 Å². The number of esters is 1. The zero-order valence-corrected chi connectivity index (χ0v) is 16.8. The summed E-state index contributed by atoms with van der Waals surface area (Å²) in [6, 6.07) is 7.98. The van der Waals surface area contributed by atoms with Crippen molar-refractivity contribution in [2.45, 2.75) is 37.6 Å². The fourth-order valence-electron chi connectivity index (χ4n) is 3.48. The number of ketones is 1. The molecule has 1 aromatic heterocycles. The van der Waals surface area contributed by atoms with Crippen LogP contribution in [0.4, 0.5) is 0 Å². The third kappa shape index (κ3) is 4.04. The number of aryl methyl sites for hydroxylation is 1. The maximum Gasteiger partial charge on any atom is 0.316 e. The van der Waals surface area contributed by atoms with Gasteiger partial charge >= 0.3 is 5.97 Å². The smallest absolute Gasteiger partial charge is 0.316 e. The highest BCUT2D eigenvalue weighted by Gasteiger charge is 2.28. The van der Waals surface area contributed by atoms with Crippen LogP contribution in [0.5, 0.6) is 11.5 Å². The van der Waals surface area contributed by atoms with Crippen molar-refractivity contribution in [3.05, 3.63) is 41.2 Å². The number of ether oxygens (including phenoxy) is 3. The van der Waals surface area contributed by atoms with Crippen molar-refractivity contribution in [3.63, 3.8) is 0 Å². The maximum atomic E-state index is 12.5. The van der Waals surface area contributed by atoms with E-state index in [0.29, 0.717) is 36.3 Å². The number of carbonyl (C=O) groups is 2. The van der Waals surface area contributed by atoms with E-state index in [1.807, 2.05) is 38.1 Å². The highest BCUT2D eigenvalue weighted by atomic mass is 32.2. The number of rotatable bonds is 7. The number of benzene rings is 1. The molecule has 0 amide bonds. The molecule has 0 spiro atoms. The molecule has 1 fully saturated rings. The van der Waals surface area contributed by atoms with E-state index >= 15 is 0 Å². The second-order valence-corrected chi connectivity index (χ2v) is 8.11. The summed E-state index contributed by atoms with van der Waals surface area (Å²) in [5, 5.41) is 0. The molecule has 0 atom stereocenters. The highest BCUT2D eigenvalue weighted by Crippen LogP contribution is 2.38. The van der Waals surface area contributed by atoms with Gasteiger partial charge in [0.1, 0.15) is 13.2 Å². The summed E-state index contributed by atoms with van der Waals surface area (Å²) in [6.45, 7) is 4.81. The SMILES string of the molecule is Cc1cc(C(=O)COC(=O)CSc2ccc3c(c2)OCCO3)c(C)n1C1CC1. The zero-order chi connectivity index (χ0) is 19.7. The van der Waals surface area contributed by atoms with Crippen molar-refractivity contribution in [1.29, 1.82) is 0 Å². The molecule has 0 radical (unpaired) electrons. The maximum absolute atomic E-state index is 12.5. The Morgan fingerprint density at radius 3 is 2.64 bits per heavy atom. The van der Waals surface area contributed by atoms with Gasteiger partial charge in [-0.3, -0.25) is 9.59 Å². The van der Waals surface area contributed by atoms with Gasteiger partial charge in [-0.15, -0.1) is 11.8 Å². The van der Waals surface area contributed by atoms with E-state index in [1.54, 1.807) is 0 Å². The predicted molar refractivity (Wildman–Crippen MR) is 106 cm³/mol. The second kappa shape index (κ2) is 7.91. The van der Waals surface area contributed by atoms with Crippen LogP contribution < -0.4 is 9.47 Å². The van der Waals surface area contributed by atoms with Gasteiger partial charge in [-0.2, -0.15) is 0 Å². The zero-order valence-electron chi connectivity index (χ0n) is 16.0. The van der Waals surface area contributed by atoms with Gasteiger partial charge in [0, 0.05) is 27.9 Å². The third-order valence-corrected chi connectivity index (χ3v) is 5.90. The molecule has 0 N–H and O–H groups in total. The van der Waals surface area contributed by atoms with Gasteiger partial charge < -0.3 is 18.8 Å². The van der Waals surface area contributed by atoms with Crippen LogP contribution in [0, 0.1) is 13.8 Å². The fourth-order valence-corrected chi connectivity index (χ4v) is 4.20. The van der Waals surface area contributed by atoms with E-state index < -0.39 is 5.97 Å². The summed E-state index contributed by atoms with van der Waals surface area (Å²) in [4.78, 5) is 25.4. The van der Waals surface area contributed by atoms with E-state index in [4.69, 9.17) is 14.2 Å². The summed E-state index contributed by atoms with van der Waals surface area (Å²) < 4.78 is 18.4. The lowest BCUT2D eigenvalue weighted by Crippen LogP contribution is -2.16. The predicted octanol–water partition coefficient (Wildman–Crippen LogP) is 3.73. The lowest BCUT2D eigenvalue weighted by Gasteiger charge is -2.18. The molecule has 0 saturated heterocycles. The van der Waals surface area contributed by atoms with E-state index in [1.165, 1.54) is 11.8 Å². The van der Waals surface area contributed by atoms with Crippen LogP contribution >= 0.6 is 11.8 Å². The molecule has 1 saturated carbocycles. The number of thioether (sulfide) groups is 1. The second-order valence-electron chi connectivity index (χ2n) is 7.06. The quantitative estimate of drug-likeness (QED) is 0.400. The molecule has 2 aromatic rings. The topological polar surface area (TPSA) is 66.8 Å². The van der Waals surface area contributed by atoms with Gasteiger partial charge in [-0.1, -0.05) is 0 Å². The van der Waals surface area contributed by atoms with Gasteiger partial charge in [0.15, 0.2) is 18.1 Å². The van der Waals surface area contributed by atoms with E-state index in [2.05, 4.69) is 4.57 Å². The van der Waals surface area contributed by atoms with Crippen LogP contribution in [0.25, 0.3) is 0 Å². The van der Waals surface area contributed by atoms with Crippen molar-refractivity contribution in [2.24, 2.45) is 0 Å². The Labute approximate surface area is 168 Å². The standard InChI is InChI=1S/C21H23NO5S/c1-13-9-17(14(2)22(13)15-3-4-15)18(23)11-27-21(24)12-28-16-5-6-19-20(10-16)26-8-7-25-19/h5-6,9-10,15H,3-4,7-8,11-12H2,1-2H3. The molecular weight excluding hydrogens is 378 g/mol. The Bertz CT molecular complexity index is 916. The number of nitrogens with zero attached hydrogens (tertiary/aromatic N) is 1. The normalized spacial score (nSPS) is 15.4. The number of carbonyl (C=O) groups excluding carboxylic acids is 2. The Morgan fingerprint density at radius 1 is 1.14 bits per heavy atom. The summed E-state index contributed by atoms with van der Waals surface area (Å²) in [7, 11) is 0. The average Bonchev–Trinajstić information content (AvgIpc) is 3.48. The molecule has 1 aromatic carbocycles. The molecule has 1 aliphatic heterocycles. The summed E-state index contributed by atoms with van der Waals surface area (Å²) in [5.74, 6) is 0.967. The minimum Gasteiger partial charge on any atom is -0.486 e. The first-order chi connectivity index (χ1) is 13.5. The Balaban J connectivity index is 1.29. The summed E-state index contributed by atoms with van der Waals surface area (Å²) >= 11 is 1.35. The molecule has 0 unspecified atom stereocenters. The van der Waals surface area contributed by atoms with Crippen LogP contribution in [0.3, 0.4) is 0 Å². The molecule has 148 valence electrons. The molecule has 2 aliphatic rings. The third-order valence-electron chi connectivity index (χ3n) is 4.93. The highest BCUT2D eigenvalue weighted by molar-refractivity contribution is 8.00. The van der Waals surface area contributed by atoms with Crippen LogP contribution in [0.15, 0.2) is 29.2 Å². The number of hydrogen-bond donors (Lipinski definition) is 0. The van der Waals surface area contributed by atoms with Crippen molar-refractivity contribution in [2.75, 3.05) is 25.6 Å². The van der Waals surface area contributed by atoms with E-state index in [9.17, 15) is 9.59 Å². The number of fused-ring (bicyclic) bond motifs is 1. The van der Waals surface area contributed by atoms with Crippen LogP contribution in [-0.4, -0.2) is 41.9 Å². The first kappa shape index (κ1) is 18.9. The fraction of sp³-hybridized carbons (Fsp3) is 0.429. The molecule has 6 nitrogen and oxygen atoms in total.